The van der Waals surface area contributed by atoms with Crippen LogP contribution in [-0.2, 0) is 0 Å². The third-order valence-electron chi connectivity index (χ3n) is 3.60. The monoisotopic (exact) mass is 299 g/mol. The number of aryl methyl sites for hydroxylation is 1. The van der Waals surface area contributed by atoms with Gasteiger partial charge in [-0.15, -0.1) is 0 Å². The fourth-order valence-corrected chi connectivity index (χ4v) is 3.04. The van der Waals surface area contributed by atoms with Crippen molar-refractivity contribution in [1.29, 1.82) is 0 Å². The van der Waals surface area contributed by atoms with Gasteiger partial charge in [-0.1, -0.05) is 13.8 Å². The quantitative estimate of drug-likeness (QED) is 0.820. The highest BCUT2D eigenvalue weighted by Gasteiger charge is 2.30. The van der Waals surface area contributed by atoms with E-state index in [0.29, 0.717) is 15.9 Å². The molecule has 1 unspecified atom stereocenters. The maximum absolute atomic E-state index is 13.5. The topological polar surface area (TPSA) is 12.0 Å². The van der Waals surface area contributed by atoms with Gasteiger partial charge in [0.05, 0.1) is 4.47 Å². The van der Waals surface area contributed by atoms with Gasteiger partial charge in [-0.25, -0.2) is 4.39 Å². The van der Waals surface area contributed by atoms with E-state index in [9.17, 15) is 4.39 Å². The zero-order valence-corrected chi connectivity index (χ0v) is 12.2. The fraction of sp³-hybridized carbons (Fsp3) is 0.571. The predicted octanol–water partition coefficient (Wildman–Crippen LogP) is 4.89. The van der Waals surface area contributed by atoms with Gasteiger partial charge in [0.25, 0.3) is 0 Å². The molecule has 1 nitrogen and oxygen atoms in total. The minimum absolute atomic E-state index is 0.199. The molecule has 0 amide bonds. The molecule has 0 saturated heterocycles. The van der Waals surface area contributed by atoms with Crippen LogP contribution in [0.15, 0.2) is 16.6 Å². The smallest absolute Gasteiger partial charge is 0.139 e. The lowest BCUT2D eigenvalue weighted by atomic mass is 9.92. The molecule has 1 aliphatic rings. The molecule has 17 heavy (non-hydrogen) atoms. The Morgan fingerprint density at radius 3 is 2.71 bits per heavy atom. The van der Waals surface area contributed by atoms with Crippen LogP contribution in [0.4, 0.5) is 10.1 Å². The van der Waals surface area contributed by atoms with Crippen LogP contribution in [0.5, 0.6) is 0 Å². The first kappa shape index (κ1) is 12.9. The Bertz CT molecular complexity index is 428. The molecule has 2 rings (SSSR count). The molecule has 1 aliphatic carbocycles. The Morgan fingerprint density at radius 1 is 1.41 bits per heavy atom. The molecule has 1 N–H and O–H groups in total. The van der Waals surface area contributed by atoms with Crippen molar-refractivity contribution in [3.63, 3.8) is 0 Å². The summed E-state index contributed by atoms with van der Waals surface area (Å²) in [5.41, 5.74) is 2.43. The van der Waals surface area contributed by atoms with Crippen molar-refractivity contribution >= 4 is 21.6 Å². The van der Waals surface area contributed by atoms with E-state index in [1.807, 2.05) is 13.0 Å². The highest BCUT2D eigenvalue weighted by atomic mass is 79.9. The lowest BCUT2D eigenvalue weighted by Gasteiger charge is -2.20. The highest BCUT2D eigenvalue weighted by molar-refractivity contribution is 9.10. The zero-order chi connectivity index (χ0) is 12.6. The minimum atomic E-state index is -0.199. The van der Waals surface area contributed by atoms with Crippen molar-refractivity contribution in [1.82, 2.24) is 0 Å². The SMILES string of the molecule is Cc1cc(Br)c(F)cc1NC1CCC(C)(C)C1. The molecule has 1 atom stereocenters. The standard InChI is InChI=1S/C14H19BrFN/c1-9-6-11(15)12(16)7-13(9)17-10-4-5-14(2,3)8-10/h6-7,10,17H,4-5,8H2,1-3H3. The molecule has 1 saturated carbocycles. The number of hydrogen-bond acceptors (Lipinski definition) is 1. The van der Waals surface area contributed by atoms with Gasteiger partial charge in [-0.3, -0.25) is 0 Å². The van der Waals surface area contributed by atoms with Crippen molar-refractivity contribution in [2.45, 2.75) is 46.1 Å². The van der Waals surface area contributed by atoms with E-state index in [0.717, 1.165) is 17.7 Å². The molecule has 0 aromatic heterocycles. The third kappa shape index (κ3) is 3.01. The molecule has 0 bridgehead atoms. The van der Waals surface area contributed by atoms with E-state index >= 15 is 0 Å². The molecule has 94 valence electrons. The second-order valence-corrected chi connectivity index (χ2v) is 6.68. The molecular formula is C14H19BrFN. The first-order valence-corrected chi connectivity index (χ1v) is 6.89. The lowest BCUT2D eigenvalue weighted by molar-refractivity contribution is 0.378. The maximum atomic E-state index is 13.5. The van der Waals surface area contributed by atoms with E-state index in [2.05, 4.69) is 35.1 Å². The summed E-state index contributed by atoms with van der Waals surface area (Å²) >= 11 is 3.21. The number of nitrogens with one attached hydrogen (secondary N) is 1. The molecule has 1 aromatic rings. The summed E-state index contributed by atoms with van der Waals surface area (Å²) in [5, 5.41) is 3.47. The third-order valence-corrected chi connectivity index (χ3v) is 4.20. The molecule has 0 radical (unpaired) electrons. The summed E-state index contributed by atoms with van der Waals surface area (Å²) in [6, 6.07) is 3.90. The van der Waals surface area contributed by atoms with Crippen molar-refractivity contribution in [2.75, 3.05) is 5.32 Å². The van der Waals surface area contributed by atoms with Crippen LogP contribution in [0.25, 0.3) is 0 Å². The van der Waals surface area contributed by atoms with Gasteiger partial charge in [-0.2, -0.15) is 0 Å². The maximum Gasteiger partial charge on any atom is 0.139 e. The molecular weight excluding hydrogens is 281 g/mol. The van der Waals surface area contributed by atoms with Gasteiger partial charge in [0, 0.05) is 11.7 Å². The lowest BCUT2D eigenvalue weighted by Crippen LogP contribution is -2.18. The number of halogens is 2. The fourth-order valence-electron chi connectivity index (χ4n) is 2.58. The summed E-state index contributed by atoms with van der Waals surface area (Å²) in [4.78, 5) is 0. The van der Waals surface area contributed by atoms with Gasteiger partial charge in [-0.05, 0) is 65.2 Å². The zero-order valence-electron chi connectivity index (χ0n) is 10.6. The number of rotatable bonds is 2. The van der Waals surface area contributed by atoms with Gasteiger partial charge < -0.3 is 5.32 Å². The average molecular weight is 300 g/mol. The average Bonchev–Trinajstić information content (AvgIpc) is 2.54. The van der Waals surface area contributed by atoms with E-state index in [1.165, 1.54) is 12.8 Å². The van der Waals surface area contributed by atoms with Crippen LogP contribution in [0.1, 0.15) is 38.7 Å². The second kappa shape index (κ2) is 4.60. The Labute approximate surface area is 111 Å². The van der Waals surface area contributed by atoms with E-state index in [-0.39, 0.29) is 5.82 Å². The molecule has 0 heterocycles. The normalized spacial score (nSPS) is 22.8. The van der Waals surface area contributed by atoms with Crippen LogP contribution >= 0.6 is 15.9 Å². The number of benzene rings is 1. The minimum Gasteiger partial charge on any atom is -0.382 e. The molecule has 1 aromatic carbocycles. The molecule has 0 aliphatic heterocycles. The Kier molecular flexibility index (Phi) is 3.48. The van der Waals surface area contributed by atoms with E-state index in [4.69, 9.17) is 0 Å². The summed E-state index contributed by atoms with van der Waals surface area (Å²) in [7, 11) is 0. The molecule has 0 spiro atoms. The molecule has 1 fully saturated rings. The Morgan fingerprint density at radius 2 is 2.12 bits per heavy atom. The largest absolute Gasteiger partial charge is 0.382 e. The Balaban J connectivity index is 2.12. The van der Waals surface area contributed by atoms with Crippen molar-refractivity contribution in [3.05, 3.63) is 28.0 Å². The first-order chi connectivity index (χ1) is 7.87. The van der Waals surface area contributed by atoms with Gasteiger partial charge in [0.2, 0.25) is 0 Å². The number of anilines is 1. The van der Waals surface area contributed by atoms with Crippen molar-refractivity contribution in [2.24, 2.45) is 5.41 Å². The summed E-state index contributed by atoms with van der Waals surface area (Å²) in [6.45, 7) is 6.60. The van der Waals surface area contributed by atoms with Crippen molar-refractivity contribution in [3.8, 4) is 0 Å². The van der Waals surface area contributed by atoms with Gasteiger partial charge in [0.15, 0.2) is 0 Å². The van der Waals surface area contributed by atoms with Crippen LogP contribution in [0, 0.1) is 18.2 Å². The van der Waals surface area contributed by atoms with E-state index < -0.39 is 0 Å². The summed E-state index contributed by atoms with van der Waals surface area (Å²) in [6.07, 6.45) is 3.57. The number of hydrogen-bond donors (Lipinski definition) is 1. The predicted molar refractivity (Wildman–Crippen MR) is 73.9 cm³/mol. The summed E-state index contributed by atoms with van der Waals surface area (Å²) in [5.74, 6) is -0.199. The van der Waals surface area contributed by atoms with E-state index in [1.54, 1.807) is 6.07 Å². The van der Waals surface area contributed by atoms with Gasteiger partial charge >= 0.3 is 0 Å². The second-order valence-electron chi connectivity index (χ2n) is 5.83. The Hall–Kier alpha value is -0.570. The van der Waals surface area contributed by atoms with Crippen LogP contribution in [0.3, 0.4) is 0 Å². The van der Waals surface area contributed by atoms with Gasteiger partial charge in [0.1, 0.15) is 5.82 Å². The van der Waals surface area contributed by atoms with Crippen LogP contribution < -0.4 is 5.32 Å². The highest BCUT2D eigenvalue weighted by Crippen LogP contribution is 2.38. The molecule has 3 heteroatoms. The summed E-state index contributed by atoms with van der Waals surface area (Å²) < 4.78 is 14.0. The van der Waals surface area contributed by atoms with Crippen molar-refractivity contribution < 1.29 is 4.39 Å². The first-order valence-electron chi connectivity index (χ1n) is 6.09. The van der Waals surface area contributed by atoms with Crippen LogP contribution in [-0.4, -0.2) is 6.04 Å². The van der Waals surface area contributed by atoms with Crippen LogP contribution in [0.2, 0.25) is 0 Å².